The van der Waals surface area contributed by atoms with Gasteiger partial charge < -0.3 is 4.74 Å². The van der Waals surface area contributed by atoms with Crippen molar-refractivity contribution in [2.75, 3.05) is 7.11 Å². The number of fused-ring (bicyclic) bond motifs is 1. The molecule has 2 atom stereocenters. The molecule has 0 radical (unpaired) electrons. The van der Waals surface area contributed by atoms with Crippen LogP contribution in [0.25, 0.3) is 0 Å². The highest BCUT2D eigenvalue weighted by Gasteiger charge is 2.48. The van der Waals surface area contributed by atoms with Crippen LogP contribution >= 0.6 is 0 Å². The van der Waals surface area contributed by atoms with Gasteiger partial charge in [0.2, 0.25) is 21.8 Å². The van der Waals surface area contributed by atoms with E-state index in [2.05, 4.69) is 0 Å². The van der Waals surface area contributed by atoms with Gasteiger partial charge in [-0.1, -0.05) is 49.2 Å². The Kier molecular flexibility index (Phi) is 7.09. The predicted octanol–water partition coefficient (Wildman–Crippen LogP) is 3.97. The van der Waals surface area contributed by atoms with Gasteiger partial charge in [-0.05, 0) is 49.9 Å². The summed E-state index contributed by atoms with van der Waals surface area (Å²) in [5.41, 5.74) is 1.47. The van der Waals surface area contributed by atoms with E-state index >= 15 is 0 Å². The lowest BCUT2D eigenvalue weighted by Crippen LogP contribution is -2.36. The lowest BCUT2D eigenvalue weighted by Gasteiger charge is -2.27. The number of amides is 2. The number of hydrogen-bond donors (Lipinski definition) is 0. The van der Waals surface area contributed by atoms with Crippen LogP contribution in [0.2, 0.25) is 0 Å². The van der Waals surface area contributed by atoms with Crippen molar-refractivity contribution in [2.45, 2.75) is 63.6 Å². The van der Waals surface area contributed by atoms with E-state index < -0.39 is 10.0 Å². The molecule has 2 aliphatic rings. The number of carbonyl (C=O) groups is 2. The van der Waals surface area contributed by atoms with E-state index in [1.54, 1.807) is 12.1 Å². The molecule has 8 heteroatoms. The van der Waals surface area contributed by atoms with E-state index in [1.165, 1.54) is 22.4 Å². The van der Waals surface area contributed by atoms with Crippen molar-refractivity contribution < 1.29 is 22.7 Å². The summed E-state index contributed by atoms with van der Waals surface area (Å²) in [7, 11) is -2.49. The van der Waals surface area contributed by atoms with Gasteiger partial charge in [-0.25, -0.2) is 8.42 Å². The predicted molar refractivity (Wildman–Crippen MR) is 128 cm³/mol. The molecule has 1 saturated carbocycles. The molecule has 2 aromatic rings. The third kappa shape index (κ3) is 4.61. The van der Waals surface area contributed by atoms with Gasteiger partial charge in [0.15, 0.2) is 0 Å². The summed E-state index contributed by atoms with van der Waals surface area (Å²) in [6.07, 6.45) is 3.42. The molecule has 0 bridgehead atoms. The number of methoxy groups -OCH3 is 1. The van der Waals surface area contributed by atoms with Crippen molar-refractivity contribution in [1.29, 1.82) is 0 Å². The molecule has 2 aromatic carbocycles. The zero-order chi connectivity index (χ0) is 24.5. The van der Waals surface area contributed by atoms with Crippen molar-refractivity contribution in [3.05, 3.63) is 59.7 Å². The summed E-state index contributed by atoms with van der Waals surface area (Å²) < 4.78 is 34.4. The number of ether oxygens (including phenoxy) is 1. The lowest BCUT2D eigenvalue weighted by atomic mass is 9.81. The molecular weight excluding hydrogens is 452 g/mol. The highest BCUT2D eigenvalue weighted by atomic mass is 32.2. The summed E-state index contributed by atoms with van der Waals surface area (Å²) in [4.78, 5) is 27.2. The molecule has 2 fully saturated rings. The second-order valence-corrected chi connectivity index (χ2v) is 11.2. The zero-order valence-corrected chi connectivity index (χ0v) is 20.8. The van der Waals surface area contributed by atoms with Crippen LogP contribution in [-0.4, -0.2) is 42.6 Å². The first-order valence-corrected chi connectivity index (χ1v) is 13.3. The van der Waals surface area contributed by atoms with Gasteiger partial charge in [0, 0.05) is 12.6 Å². The number of carbonyl (C=O) groups excluding carboxylic acids is 2. The minimum absolute atomic E-state index is 0.0358. The summed E-state index contributed by atoms with van der Waals surface area (Å²) in [5, 5.41) is 0. The Morgan fingerprint density at radius 2 is 1.59 bits per heavy atom. The normalized spacial score (nSPS) is 20.8. The van der Waals surface area contributed by atoms with Crippen molar-refractivity contribution in [3.63, 3.8) is 0 Å². The lowest BCUT2D eigenvalue weighted by molar-refractivity contribution is -0.140. The van der Waals surface area contributed by atoms with Gasteiger partial charge in [0.25, 0.3) is 0 Å². The third-order valence-electron chi connectivity index (χ3n) is 6.84. The van der Waals surface area contributed by atoms with E-state index in [-0.39, 0.29) is 53.4 Å². The first-order chi connectivity index (χ1) is 16.2. The van der Waals surface area contributed by atoms with Crippen molar-refractivity contribution in [3.8, 4) is 5.75 Å². The molecule has 34 heavy (non-hydrogen) atoms. The topological polar surface area (TPSA) is 84.0 Å². The summed E-state index contributed by atoms with van der Waals surface area (Å²) in [6, 6.07) is 14.0. The van der Waals surface area contributed by atoms with Crippen molar-refractivity contribution >= 4 is 21.8 Å². The Balaban J connectivity index is 1.65. The number of benzene rings is 2. The van der Waals surface area contributed by atoms with Gasteiger partial charge in [0.1, 0.15) is 10.6 Å². The fraction of sp³-hybridized carbons (Fsp3) is 0.462. The number of nitrogens with zero attached hydrogens (tertiary/aromatic N) is 2. The molecule has 0 N–H and O–H groups in total. The summed E-state index contributed by atoms with van der Waals surface area (Å²) >= 11 is 0. The standard InChI is InChI=1S/C26H32N2O5S/c1-18(2)28(17-19-9-5-4-6-10-19)34(31,32)24-15-20(13-14-23(24)33-3)16-27-25(29)21-11-7-8-12-22(21)26(27)30/h4-6,9-10,13-15,18,21-22H,7-8,11-12,16-17H2,1-3H3/t21-,22-/m1/s1. The molecule has 4 rings (SSSR count). The molecule has 7 nitrogen and oxygen atoms in total. The highest BCUT2D eigenvalue weighted by molar-refractivity contribution is 7.89. The van der Waals surface area contributed by atoms with Gasteiger partial charge in [-0.3, -0.25) is 14.5 Å². The Hall–Kier alpha value is -2.71. The second kappa shape index (κ2) is 9.88. The first-order valence-electron chi connectivity index (χ1n) is 11.8. The monoisotopic (exact) mass is 484 g/mol. The molecule has 1 aliphatic heterocycles. The van der Waals surface area contributed by atoms with E-state index in [0.717, 1.165) is 31.2 Å². The number of likely N-dealkylation sites (tertiary alicyclic amines) is 1. The van der Waals surface area contributed by atoms with Gasteiger partial charge in [-0.15, -0.1) is 0 Å². The van der Waals surface area contributed by atoms with E-state index in [1.807, 2.05) is 44.2 Å². The number of imide groups is 1. The summed E-state index contributed by atoms with van der Waals surface area (Å²) in [5.74, 6) is -0.504. The average Bonchev–Trinajstić information content (AvgIpc) is 3.08. The van der Waals surface area contributed by atoms with Crippen LogP contribution in [-0.2, 0) is 32.7 Å². The first kappa shape index (κ1) is 24.4. The smallest absolute Gasteiger partial charge is 0.247 e. The van der Waals surface area contributed by atoms with Crippen molar-refractivity contribution in [2.24, 2.45) is 11.8 Å². The SMILES string of the molecule is COc1ccc(CN2C(=O)[C@@H]3CCCC[C@H]3C2=O)cc1S(=O)(=O)N(Cc1ccccc1)C(C)C. The Labute approximate surface area is 201 Å². The zero-order valence-electron chi connectivity index (χ0n) is 19.9. The van der Waals surface area contributed by atoms with Crippen LogP contribution in [0.15, 0.2) is 53.4 Å². The Morgan fingerprint density at radius 3 is 2.15 bits per heavy atom. The molecule has 0 unspecified atom stereocenters. The molecule has 0 spiro atoms. The number of sulfonamides is 1. The molecule has 1 aliphatic carbocycles. The van der Waals surface area contributed by atoms with Crippen LogP contribution in [0.1, 0.15) is 50.7 Å². The van der Waals surface area contributed by atoms with E-state index in [0.29, 0.717) is 5.56 Å². The van der Waals surface area contributed by atoms with E-state index in [4.69, 9.17) is 4.74 Å². The second-order valence-electron chi connectivity index (χ2n) is 9.37. The van der Waals surface area contributed by atoms with E-state index in [9.17, 15) is 18.0 Å². The van der Waals surface area contributed by atoms with Gasteiger partial charge in [0.05, 0.1) is 25.5 Å². The van der Waals surface area contributed by atoms with Crippen molar-refractivity contribution in [1.82, 2.24) is 9.21 Å². The summed E-state index contributed by atoms with van der Waals surface area (Å²) in [6.45, 7) is 3.96. The number of rotatable bonds is 8. The Morgan fingerprint density at radius 1 is 0.971 bits per heavy atom. The van der Waals surface area contributed by atoms with Crippen LogP contribution in [0, 0.1) is 11.8 Å². The fourth-order valence-corrected chi connectivity index (χ4v) is 6.86. The van der Waals surface area contributed by atoms with Crippen LogP contribution in [0.4, 0.5) is 0 Å². The maximum atomic E-state index is 13.8. The molecule has 1 saturated heterocycles. The van der Waals surface area contributed by atoms with Crippen LogP contribution in [0.5, 0.6) is 5.75 Å². The minimum Gasteiger partial charge on any atom is -0.495 e. The fourth-order valence-electron chi connectivity index (χ4n) is 5.03. The average molecular weight is 485 g/mol. The maximum absolute atomic E-state index is 13.8. The third-order valence-corrected chi connectivity index (χ3v) is 8.89. The van der Waals surface area contributed by atoms with Gasteiger partial charge in [-0.2, -0.15) is 4.31 Å². The molecule has 1 heterocycles. The van der Waals surface area contributed by atoms with Gasteiger partial charge >= 0.3 is 0 Å². The highest BCUT2D eigenvalue weighted by Crippen LogP contribution is 2.39. The maximum Gasteiger partial charge on any atom is 0.247 e. The molecule has 2 amide bonds. The quantitative estimate of drug-likeness (QED) is 0.530. The molecule has 0 aromatic heterocycles. The molecular formula is C26H32N2O5S. The number of hydrogen-bond acceptors (Lipinski definition) is 5. The van der Waals surface area contributed by atoms with Crippen LogP contribution in [0.3, 0.4) is 0 Å². The Bertz CT molecular complexity index is 1140. The molecule has 182 valence electrons. The minimum atomic E-state index is -3.93. The van der Waals surface area contributed by atoms with Crippen LogP contribution < -0.4 is 4.74 Å². The largest absolute Gasteiger partial charge is 0.495 e.